The van der Waals surface area contributed by atoms with Gasteiger partial charge in [-0.15, -0.1) is 0 Å². The van der Waals surface area contributed by atoms with Crippen molar-refractivity contribution < 1.29 is 8.42 Å². The van der Waals surface area contributed by atoms with E-state index in [1.807, 2.05) is 6.92 Å². The van der Waals surface area contributed by atoms with E-state index in [9.17, 15) is 8.42 Å². The minimum Gasteiger partial charge on any atom is -0.317 e. The van der Waals surface area contributed by atoms with E-state index in [1.54, 1.807) is 25.2 Å². The van der Waals surface area contributed by atoms with E-state index in [1.165, 1.54) is 4.31 Å². The zero-order valence-electron chi connectivity index (χ0n) is 11.5. The molecule has 1 rings (SSSR count). The molecule has 0 saturated heterocycles. The monoisotopic (exact) mass is 383 g/mol. The molecule has 20 heavy (non-hydrogen) atoms. The number of rotatable bonds is 8. The molecule has 1 aromatic rings. The third kappa shape index (κ3) is 5.57. The minimum absolute atomic E-state index is 0.359. The summed E-state index contributed by atoms with van der Waals surface area (Å²) in [6.07, 6.45) is 0.747. The van der Waals surface area contributed by atoms with Crippen LogP contribution in [0.4, 0.5) is 5.69 Å². The lowest BCUT2D eigenvalue weighted by molar-refractivity contribution is 0.459. The molecule has 0 fully saturated rings. The first-order chi connectivity index (χ1) is 9.36. The number of halogens is 2. The van der Waals surface area contributed by atoms with Crippen LogP contribution in [0.5, 0.6) is 0 Å². The van der Waals surface area contributed by atoms with Crippen molar-refractivity contribution in [3.05, 3.63) is 27.7 Å². The fourth-order valence-corrected chi connectivity index (χ4v) is 3.07. The summed E-state index contributed by atoms with van der Waals surface area (Å²) in [7, 11) is -2.05. The highest BCUT2D eigenvalue weighted by molar-refractivity contribution is 9.10. The van der Waals surface area contributed by atoms with Gasteiger partial charge in [-0.25, -0.2) is 0 Å². The molecule has 1 aromatic carbocycles. The van der Waals surface area contributed by atoms with Gasteiger partial charge in [0.2, 0.25) is 0 Å². The maximum Gasteiger partial charge on any atom is 0.301 e. The van der Waals surface area contributed by atoms with Gasteiger partial charge in [0.1, 0.15) is 0 Å². The fourth-order valence-electron chi connectivity index (χ4n) is 1.52. The van der Waals surface area contributed by atoms with Crippen LogP contribution in [-0.2, 0) is 10.2 Å². The maximum absolute atomic E-state index is 12.1. The Bertz CT molecular complexity index is 540. The van der Waals surface area contributed by atoms with E-state index in [-0.39, 0.29) is 0 Å². The standard InChI is InChI=1S/C12H19BrClN3O2S/c1-3-15-7-4-8-17(2)20(18,19)16-12-9-10(13)5-6-11(12)14/h5-6,9,15-16H,3-4,7-8H2,1-2H3. The van der Waals surface area contributed by atoms with Crippen LogP contribution in [0.25, 0.3) is 0 Å². The van der Waals surface area contributed by atoms with Gasteiger partial charge in [-0.3, -0.25) is 4.72 Å². The molecule has 0 aliphatic carbocycles. The molecule has 8 heteroatoms. The molecule has 0 unspecified atom stereocenters. The normalized spacial score (nSPS) is 11.8. The van der Waals surface area contributed by atoms with Crippen LogP contribution in [0.1, 0.15) is 13.3 Å². The molecule has 5 nitrogen and oxygen atoms in total. The molecular weight excluding hydrogens is 366 g/mol. The smallest absolute Gasteiger partial charge is 0.301 e. The highest BCUT2D eigenvalue weighted by atomic mass is 79.9. The zero-order chi connectivity index (χ0) is 15.2. The highest BCUT2D eigenvalue weighted by Crippen LogP contribution is 2.26. The molecule has 0 spiro atoms. The molecule has 0 amide bonds. The third-order valence-electron chi connectivity index (χ3n) is 2.65. The summed E-state index contributed by atoms with van der Waals surface area (Å²) in [6, 6.07) is 5.02. The van der Waals surface area contributed by atoms with E-state index in [0.717, 1.165) is 24.0 Å². The average molecular weight is 385 g/mol. The van der Waals surface area contributed by atoms with Gasteiger partial charge < -0.3 is 5.32 Å². The maximum atomic E-state index is 12.1. The summed E-state index contributed by atoms with van der Waals surface area (Å²) in [5.74, 6) is 0. The summed E-state index contributed by atoms with van der Waals surface area (Å²) in [5.41, 5.74) is 0.361. The number of nitrogens with one attached hydrogen (secondary N) is 2. The van der Waals surface area contributed by atoms with Crippen molar-refractivity contribution in [2.24, 2.45) is 0 Å². The minimum atomic E-state index is -3.59. The number of hydrogen-bond acceptors (Lipinski definition) is 3. The molecule has 0 bridgehead atoms. The Kier molecular flexibility index (Phi) is 7.25. The molecule has 0 saturated carbocycles. The van der Waals surface area contributed by atoms with Gasteiger partial charge in [-0.1, -0.05) is 34.5 Å². The van der Waals surface area contributed by atoms with Crippen molar-refractivity contribution in [3.63, 3.8) is 0 Å². The van der Waals surface area contributed by atoms with Crippen LogP contribution < -0.4 is 10.0 Å². The number of anilines is 1. The summed E-state index contributed by atoms with van der Waals surface area (Å²) in [4.78, 5) is 0. The average Bonchev–Trinajstić information content (AvgIpc) is 2.38. The van der Waals surface area contributed by atoms with E-state index >= 15 is 0 Å². The van der Waals surface area contributed by atoms with Gasteiger partial charge in [0, 0.05) is 18.1 Å². The molecule has 0 aliphatic rings. The SMILES string of the molecule is CCNCCCN(C)S(=O)(=O)Nc1cc(Br)ccc1Cl. The predicted octanol–water partition coefficient (Wildman–Crippen LogP) is 2.69. The summed E-state index contributed by atoms with van der Waals surface area (Å²) in [6.45, 7) is 4.11. The van der Waals surface area contributed by atoms with Gasteiger partial charge in [0.25, 0.3) is 0 Å². The molecule has 0 atom stereocenters. The van der Waals surface area contributed by atoms with Crippen LogP contribution >= 0.6 is 27.5 Å². The van der Waals surface area contributed by atoms with Crippen molar-refractivity contribution in [1.82, 2.24) is 9.62 Å². The van der Waals surface area contributed by atoms with Crippen molar-refractivity contribution >= 4 is 43.4 Å². The molecule has 0 heterocycles. The van der Waals surface area contributed by atoms with Gasteiger partial charge >= 0.3 is 10.2 Å². The van der Waals surface area contributed by atoms with Gasteiger partial charge in [-0.05, 0) is 37.7 Å². The summed E-state index contributed by atoms with van der Waals surface area (Å²) in [5, 5.41) is 3.51. The van der Waals surface area contributed by atoms with Gasteiger partial charge in [0.05, 0.1) is 10.7 Å². The molecular formula is C12H19BrClN3O2S. The lowest BCUT2D eigenvalue weighted by atomic mass is 10.3. The fraction of sp³-hybridized carbons (Fsp3) is 0.500. The quantitative estimate of drug-likeness (QED) is 0.677. The second kappa shape index (κ2) is 8.19. The lowest BCUT2D eigenvalue weighted by Crippen LogP contribution is -2.34. The first kappa shape index (κ1) is 17.7. The number of benzene rings is 1. The van der Waals surface area contributed by atoms with E-state index in [2.05, 4.69) is 26.0 Å². The van der Waals surface area contributed by atoms with Crippen LogP contribution in [-0.4, -0.2) is 39.4 Å². The predicted molar refractivity (Wildman–Crippen MR) is 87.5 cm³/mol. The lowest BCUT2D eigenvalue weighted by Gasteiger charge is -2.19. The Balaban J connectivity index is 2.66. The Morgan fingerprint density at radius 2 is 2.10 bits per heavy atom. The second-order valence-corrected chi connectivity index (χ2v) is 7.36. The first-order valence-electron chi connectivity index (χ1n) is 6.26. The van der Waals surface area contributed by atoms with Crippen LogP contribution in [0.3, 0.4) is 0 Å². The van der Waals surface area contributed by atoms with E-state index < -0.39 is 10.2 Å². The summed E-state index contributed by atoms with van der Waals surface area (Å²) < 4.78 is 28.8. The van der Waals surface area contributed by atoms with Crippen molar-refractivity contribution in [2.45, 2.75) is 13.3 Å². The van der Waals surface area contributed by atoms with E-state index in [4.69, 9.17) is 11.6 Å². The van der Waals surface area contributed by atoms with Crippen molar-refractivity contribution in [2.75, 3.05) is 31.4 Å². The highest BCUT2D eigenvalue weighted by Gasteiger charge is 2.18. The Morgan fingerprint density at radius 1 is 1.40 bits per heavy atom. The van der Waals surface area contributed by atoms with Crippen LogP contribution in [0.2, 0.25) is 5.02 Å². The molecule has 2 N–H and O–H groups in total. The zero-order valence-corrected chi connectivity index (χ0v) is 14.6. The van der Waals surface area contributed by atoms with Gasteiger partial charge in [-0.2, -0.15) is 12.7 Å². The largest absolute Gasteiger partial charge is 0.317 e. The third-order valence-corrected chi connectivity index (χ3v) is 4.96. The van der Waals surface area contributed by atoms with Crippen LogP contribution in [0.15, 0.2) is 22.7 Å². The van der Waals surface area contributed by atoms with Gasteiger partial charge in [0.15, 0.2) is 0 Å². The second-order valence-electron chi connectivity index (χ2n) is 4.26. The molecule has 0 radical (unpaired) electrons. The topological polar surface area (TPSA) is 61.4 Å². The molecule has 0 aromatic heterocycles. The van der Waals surface area contributed by atoms with Crippen molar-refractivity contribution in [1.29, 1.82) is 0 Å². The molecule has 114 valence electrons. The Hall–Kier alpha value is -0.340. The Morgan fingerprint density at radius 3 is 2.75 bits per heavy atom. The van der Waals surface area contributed by atoms with E-state index in [0.29, 0.717) is 17.3 Å². The summed E-state index contributed by atoms with van der Waals surface area (Å²) >= 11 is 9.26. The van der Waals surface area contributed by atoms with Crippen LogP contribution in [0, 0.1) is 0 Å². The number of nitrogens with zero attached hydrogens (tertiary/aromatic N) is 1. The number of hydrogen-bond donors (Lipinski definition) is 2. The Labute approximate surface area is 134 Å². The van der Waals surface area contributed by atoms with Crippen molar-refractivity contribution in [3.8, 4) is 0 Å². The molecule has 0 aliphatic heterocycles. The first-order valence-corrected chi connectivity index (χ1v) is 8.87.